The van der Waals surface area contributed by atoms with Crippen molar-refractivity contribution in [1.82, 2.24) is 10.9 Å². The Morgan fingerprint density at radius 3 is 2.57 bits per heavy atom. The van der Waals surface area contributed by atoms with Gasteiger partial charge < -0.3 is 9.80 Å². The van der Waals surface area contributed by atoms with Crippen LogP contribution in [0.15, 0.2) is 40.9 Å². The number of hydrogen-bond acceptors (Lipinski definition) is 5. The van der Waals surface area contributed by atoms with Crippen LogP contribution in [0.2, 0.25) is 0 Å². The van der Waals surface area contributed by atoms with Crippen molar-refractivity contribution in [2.45, 2.75) is 38.7 Å². The maximum atomic E-state index is 15.1. The third kappa shape index (κ3) is 4.43. The lowest BCUT2D eigenvalue weighted by Crippen LogP contribution is -2.46. The van der Waals surface area contributed by atoms with E-state index < -0.39 is 53.9 Å². The van der Waals surface area contributed by atoms with Gasteiger partial charge in [0.2, 0.25) is 0 Å². The fraction of sp³-hybridized carbons (Fsp3) is 0.375. The molecule has 37 heavy (non-hydrogen) atoms. The van der Waals surface area contributed by atoms with Crippen molar-refractivity contribution in [3.8, 4) is 0 Å². The number of alkyl halides is 5. The Morgan fingerprint density at radius 2 is 1.92 bits per heavy atom. The Balaban J connectivity index is 1.62. The smallest absolute Gasteiger partial charge is 0.321 e. The van der Waals surface area contributed by atoms with E-state index in [1.807, 2.05) is 0 Å². The van der Waals surface area contributed by atoms with Crippen LogP contribution in [-0.4, -0.2) is 37.9 Å². The second kappa shape index (κ2) is 8.98. The van der Waals surface area contributed by atoms with Crippen LogP contribution in [-0.2, 0) is 0 Å². The summed E-state index contributed by atoms with van der Waals surface area (Å²) in [7, 11) is 0. The van der Waals surface area contributed by atoms with Gasteiger partial charge in [0, 0.05) is 5.69 Å². The monoisotopic (exact) mass is 531 g/mol. The number of rotatable bonds is 5. The van der Waals surface area contributed by atoms with Crippen molar-refractivity contribution >= 4 is 23.3 Å². The highest BCUT2D eigenvalue weighted by Gasteiger charge is 2.64. The zero-order valence-corrected chi connectivity index (χ0v) is 19.3. The summed E-state index contributed by atoms with van der Waals surface area (Å²) in [6, 6.07) is 5.25. The lowest BCUT2D eigenvalue weighted by Gasteiger charge is -2.35. The molecule has 1 atom stereocenters. The van der Waals surface area contributed by atoms with Crippen molar-refractivity contribution in [1.29, 1.82) is 0 Å². The number of fused-ring (bicyclic) bond motifs is 3. The average Bonchev–Trinajstić information content (AvgIpc) is 3.51. The number of aliphatic imine (C=N–C) groups is 1. The van der Waals surface area contributed by atoms with Gasteiger partial charge in [-0.3, -0.25) is 0 Å². The van der Waals surface area contributed by atoms with E-state index in [9.17, 15) is 30.7 Å². The number of hydrazine groups is 1. The first-order valence-electron chi connectivity index (χ1n) is 11.3. The molecule has 5 rings (SSSR count). The molecule has 2 aromatic carbocycles. The molecule has 0 amide bonds. The van der Waals surface area contributed by atoms with Crippen molar-refractivity contribution < 1.29 is 35.1 Å². The van der Waals surface area contributed by atoms with Crippen molar-refractivity contribution in [2.24, 2.45) is 10.4 Å². The molecule has 2 heterocycles. The number of allylic oxidation sites excluding steroid dienone is 1. The predicted octanol–water partition coefficient (Wildman–Crippen LogP) is 5.54. The molecule has 5 nitrogen and oxygen atoms in total. The second-order valence-corrected chi connectivity index (χ2v) is 9.18. The molecule has 2 aromatic rings. The molecular formula is C24H21F8N5. The lowest BCUT2D eigenvalue weighted by molar-refractivity contribution is -0.174. The number of amidine groups is 1. The number of nitrogens with zero attached hydrogens (tertiary/aromatic N) is 3. The summed E-state index contributed by atoms with van der Waals surface area (Å²) in [6.45, 7) is 0.380. The quantitative estimate of drug-likeness (QED) is 0.498. The van der Waals surface area contributed by atoms with E-state index in [-0.39, 0.29) is 47.9 Å². The topological polar surface area (TPSA) is 42.9 Å². The van der Waals surface area contributed by atoms with Gasteiger partial charge in [-0.15, -0.1) is 0 Å². The van der Waals surface area contributed by atoms with Crippen LogP contribution >= 0.6 is 0 Å². The van der Waals surface area contributed by atoms with Crippen LogP contribution in [0, 0.1) is 22.9 Å². The molecule has 1 saturated heterocycles. The molecule has 1 saturated carbocycles. The first kappa shape index (κ1) is 25.5. The molecule has 1 aliphatic carbocycles. The van der Waals surface area contributed by atoms with Gasteiger partial charge in [-0.1, -0.05) is 11.6 Å². The Bertz CT molecular complexity index is 1280. The molecule has 1 unspecified atom stereocenters. The van der Waals surface area contributed by atoms with E-state index in [2.05, 4.69) is 15.8 Å². The van der Waals surface area contributed by atoms with Gasteiger partial charge in [-0.25, -0.2) is 37.8 Å². The standard InChI is InChI=1S/C24H21F8N5/c1-12(23(4-5-23)24(30,31)32)6-13-7-14(25)9-15(8-13)36(10-18(27)28)21-19-17(3-2-16(26)20(19)29)37-11-33-35-22(37)34-21/h2-3,6-9,18,22,33,35H,4-5,10-11H2,1H3. The maximum absolute atomic E-state index is 15.1. The fourth-order valence-corrected chi connectivity index (χ4v) is 4.79. The first-order chi connectivity index (χ1) is 17.4. The molecular weight excluding hydrogens is 510 g/mol. The molecule has 198 valence electrons. The summed E-state index contributed by atoms with van der Waals surface area (Å²) in [5.41, 5.74) is 3.08. The molecule has 2 aliphatic heterocycles. The molecule has 13 heteroatoms. The Labute approximate surface area is 206 Å². The third-order valence-corrected chi connectivity index (χ3v) is 6.85. The zero-order chi connectivity index (χ0) is 26.7. The average molecular weight is 531 g/mol. The van der Waals surface area contributed by atoms with E-state index in [1.54, 1.807) is 0 Å². The Hall–Kier alpha value is -3.19. The van der Waals surface area contributed by atoms with Gasteiger partial charge in [0.15, 0.2) is 17.9 Å². The van der Waals surface area contributed by atoms with Gasteiger partial charge >= 0.3 is 6.18 Å². The predicted molar refractivity (Wildman–Crippen MR) is 121 cm³/mol. The highest BCUT2D eigenvalue weighted by molar-refractivity contribution is 6.14. The summed E-state index contributed by atoms with van der Waals surface area (Å²) in [5.74, 6) is -3.85. The van der Waals surface area contributed by atoms with Crippen LogP contribution in [0.1, 0.15) is 30.9 Å². The highest BCUT2D eigenvalue weighted by atomic mass is 19.4. The van der Waals surface area contributed by atoms with E-state index >= 15 is 4.39 Å². The summed E-state index contributed by atoms with van der Waals surface area (Å²) >= 11 is 0. The zero-order valence-electron chi connectivity index (χ0n) is 19.3. The fourth-order valence-electron chi connectivity index (χ4n) is 4.79. The second-order valence-electron chi connectivity index (χ2n) is 9.18. The van der Waals surface area contributed by atoms with Crippen LogP contribution < -0.4 is 20.7 Å². The van der Waals surface area contributed by atoms with Gasteiger partial charge in [-0.05, 0) is 55.7 Å². The molecule has 2 N–H and O–H groups in total. The Kier molecular flexibility index (Phi) is 6.18. The summed E-state index contributed by atoms with van der Waals surface area (Å²) < 4.78 is 112. The first-order valence-corrected chi connectivity index (χ1v) is 11.3. The minimum Gasteiger partial charge on any atom is -0.321 e. The number of hydrogen-bond donors (Lipinski definition) is 2. The lowest BCUT2D eigenvalue weighted by atomic mass is 9.94. The van der Waals surface area contributed by atoms with Crippen LogP contribution in [0.25, 0.3) is 6.08 Å². The summed E-state index contributed by atoms with van der Waals surface area (Å²) in [4.78, 5) is 6.67. The molecule has 0 radical (unpaired) electrons. The Morgan fingerprint density at radius 1 is 1.19 bits per heavy atom. The number of nitrogens with one attached hydrogen (secondary N) is 2. The maximum Gasteiger partial charge on any atom is 0.398 e. The summed E-state index contributed by atoms with van der Waals surface area (Å²) in [5, 5.41) is 0. The van der Waals surface area contributed by atoms with Crippen LogP contribution in [0.3, 0.4) is 0 Å². The minimum atomic E-state index is -4.48. The molecule has 3 aliphatic rings. The van der Waals surface area contributed by atoms with Crippen molar-refractivity contribution in [2.75, 3.05) is 23.0 Å². The van der Waals surface area contributed by atoms with Gasteiger partial charge in [0.05, 0.1) is 29.9 Å². The van der Waals surface area contributed by atoms with E-state index in [1.165, 1.54) is 24.0 Å². The third-order valence-electron chi connectivity index (χ3n) is 6.85. The van der Waals surface area contributed by atoms with Crippen molar-refractivity contribution in [3.63, 3.8) is 0 Å². The number of anilines is 2. The van der Waals surface area contributed by atoms with Crippen LogP contribution in [0.5, 0.6) is 0 Å². The van der Waals surface area contributed by atoms with Crippen LogP contribution in [0.4, 0.5) is 46.5 Å². The van der Waals surface area contributed by atoms with E-state index in [4.69, 9.17) is 0 Å². The number of benzene rings is 2. The van der Waals surface area contributed by atoms with Gasteiger partial charge in [-0.2, -0.15) is 13.2 Å². The van der Waals surface area contributed by atoms with E-state index in [0.717, 1.165) is 29.2 Å². The molecule has 0 aromatic heterocycles. The molecule has 0 bridgehead atoms. The molecule has 0 spiro atoms. The van der Waals surface area contributed by atoms with Gasteiger partial charge in [0.1, 0.15) is 11.7 Å². The van der Waals surface area contributed by atoms with E-state index in [0.29, 0.717) is 0 Å². The van der Waals surface area contributed by atoms with Crippen molar-refractivity contribution in [3.05, 3.63) is 64.5 Å². The minimum absolute atomic E-state index is 0.000855. The summed E-state index contributed by atoms with van der Waals surface area (Å²) in [6.07, 6.45) is -7.38. The SMILES string of the molecule is CC(=Cc1cc(F)cc(N(CC(F)F)C2=NC3NNCN3c3ccc(F)c(F)c32)c1)C1(C(F)(F)F)CC1. The molecule has 2 fully saturated rings. The normalized spacial score (nSPS) is 20.6. The largest absolute Gasteiger partial charge is 0.398 e. The van der Waals surface area contributed by atoms with Gasteiger partial charge in [0.25, 0.3) is 6.43 Å². The highest BCUT2D eigenvalue weighted by Crippen LogP contribution is 2.62. The number of halogens is 8.